The van der Waals surface area contributed by atoms with E-state index in [9.17, 15) is 4.79 Å². The van der Waals surface area contributed by atoms with Gasteiger partial charge < -0.3 is 10.1 Å². The van der Waals surface area contributed by atoms with Gasteiger partial charge in [-0.2, -0.15) is 0 Å². The van der Waals surface area contributed by atoms with Crippen molar-refractivity contribution in [2.75, 3.05) is 6.61 Å². The number of hydrogen-bond donors (Lipinski definition) is 1. The molecule has 0 aliphatic carbocycles. The van der Waals surface area contributed by atoms with E-state index < -0.39 is 0 Å². The maximum Gasteiger partial charge on any atom is 0.251 e. The summed E-state index contributed by atoms with van der Waals surface area (Å²) in [6.07, 6.45) is 12.2. The maximum absolute atomic E-state index is 12.5. The minimum atomic E-state index is -0.103. The molecular formula is C25H26N2O2. The molecule has 0 fully saturated rings. The highest BCUT2D eigenvalue weighted by Crippen LogP contribution is 2.16. The van der Waals surface area contributed by atoms with Crippen molar-refractivity contribution in [2.24, 2.45) is 0 Å². The van der Waals surface area contributed by atoms with Crippen LogP contribution < -0.4 is 10.1 Å². The van der Waals surface area contributed by atoms with Gasteiger partial charge in [-0.05, 0) is 54.8 Å². The molecule has 0 saturated heterocycles. The zero-order chi connectivity index (χ0) is 20.3. The smallest absolute Gasteiger partial charge is 0.251 e. The van der Waals surface area contributed by atoms with Gasteiger partial charge in [0.25, 0.3) is 5.91 Å². The number of amides is 1. The van der Waals surface area contributed by atoms with Crippen LogP contribution in [0.3, 0.4) is 0 Å². The first-order chi connectivity index (χ1) is 14.3. The fraction of sp³-hybridized carbons (Fsp3) is 0.280. The summed E-state index contributed by atoms with van der Waals surface area (Å²) in [5.74, 6) is 3.39. The number of terminal acetylenes is 1. The summed E-state index contributed by atoms with van der Waals surface area (Å²) in [5.41, 5.74) is 2.51. The van der Waals surface area contributed by atoms with Crippen molar-refractivity contribution in [1.82, 2.24) is 10.3 Å². The summed E-state index contributed by atoms with van der Waals surface area (Å²) in [5, 5.41) is 3.93. The molecule has 1 heterocycles. The summed E-state index contributed by atoms with van der Waals surface area (Å²) in [4.78, 5) is 16.8. The molecule has 1 amide bonds. The van der Waals surface area contributed by atoms with Crippen molar-refractivity contribution in [3.63, 3.8) is 0 Å². The summed E-state index contributed by atoms with van der Waals surface area (Å²) < 4.78 is 5.83. The molecule has 0 spiro atoms. The molecule has 0 bridgehead atoms. The highest BCUT2D eigenvalue weighted by atomic mass is 16.5. The second-order valence-electron chi connectivity index (χ2n) is 6.96. The number of fused-ring (bicyclic) bond motifs is 1. The van der Waals surface area contributed by atoms with Crippen LogP contribution in [0, 0.1) is 12.3 Å². The molecule has 1 aromatic heterocycles. The summed E-state index contributed by atoms with van der Waals surface area (Å²) in [7, 11) is 0. The Kier molecular flexibility index (Phi) is 7.65. The lowest BCUT2D eigenvalue weighted by molar-refractivity contribution is 0.0951. The van der Waals surface area contributed by atoms with Crippen molar-refractivity contribution in [2.45, 2.75) is 38.6 Å². The molecule has 0 aliphatic heterocycles. The van der Waals surface area contributed by atoms with E-state index >= 15 is 0 Å². The zero-order valence-corrected chi connectivity index (χ0v) is 16.6. The SMILES string of the molecule is C#CCCCCCCOc1cccc(CNC(=O)c2ccc3ncccc3c2)c1. The molecule has 4 nitrogen and oxygen atoms in total. The Morgan fingerprint density at radius 3 is 2.83 bits per heavy atom. The number of carbonyl (C=O) groups is 1. The molecule has 0 unspecified atom stereocenters. The number of benzene rings is 2. The van der Waals surface area contributed by atoms with Crippen molar-refractivity contribution < 1.29 is 9.53 Å². The Morgan fingerprint density at radius 2 is 1.93 bits per heavy atom. The van der Waals surface area contributed by atoms with E-state index in [0.717, 1.165) is 54.3 Å². The molecular weight excluding hydrogens is 360 g/mol. The van der Waals surface area contributed by atoms with Gasteiger partial charge in [0, 0.05) is 30.1 Å². The van der Waals surface area contributed by atoms with Crippen LogP contribution in [-0.2, 0) is 6.54 Å². The predicted molar refractivity (Wildman–Crippen MR) is 117 cm³/mol. The van der Waals surface area contributed by atoms with Gasteiger partial charge in [-0.1, -0.05) is 31.0 Å². The lowest BCUT2D eigenvalue weighted by Crippen LogP contribution is -2.22. The first kappa shape index (κ1) is 20.4. The number of nitrogens with zero attached hydrogens (tertiary/aromatic N) is 1. The molecule has 0 atom stereocenters. The van der Waals surface area contributed by atoms with Crippen molar-refractivity contribution in [3.05, 3.63) is 71.9 Å². The third-order valence-electron chi connectivity index (χ3n) is 4.70. The van der Waals surface area contributed by atoms with Gasteiger partial charge in [0.15, 0.2) is 0 Å². The second-order valence-corrected chi connectivity index (χ2v) is 6.96. The molecule has 2 aromatic carbocycles. The number of carbonyl (C=O) groups excluding carboxylic acids is 1. The molecule has 0 aliphatic rings. The Labute approximate surface area is 172 Å². The summed E-state index contributed by atoms with van der Waals surface area (Å²) in [6, 6.07) is 17.2. The number of ether oxygens (including phenoxy) is 1. The van der Waals surface area contributed by atoms with Gasteiger partial charge >= 0.3 is 0 Å². The summed E-state index contributed by atoms with van der Waals surface area (Å²) in [6.45, 7) is 1.14. The van der Waals surface area contributed by atoms with Crippen LogP contribution in [0.1, 0.15) is 48.0 Å². The van der Waals surface area contributed by atoms with E-state index in [1.54, 1.807) is 12.3 Å². The van der Waals surface area contributed by atoms with Crippen molar-refractivity contribution in [1.29, 1.82) is 0 Å². The molecule has 3 rings (SSSR count). The lowest BCUT2D eigenvalue weighted by Gasteiger charge is -2.09. The Bertz CT molecular complexity index is 991. The Hall–Kier alpha value is -3.32. The number of aromatic nitrogens is 1. The van der Waals surface area contributed by atoms with Crippen molar-refractivity contribution in [3.8, 4) is 18.1 Å². The topological polar surface area (TPSA) is 51.2 Å². The van der Waals surface area contributed by atoms with Gasteiger partial charge in [-0.3, -0.25) is 9.78 Å². The minimum Gasteiger partial charge on any atom is -0.494 e. The minimum absolute atomic E-state index is 0.103. The molecule has 3 aromatic rings. The van der Waals surface area contributed by atoms with E-state index in [1.165, 1.54) is 0 Å². The molecule has 0 radical (unpaired) electrons. The zero-order valence-electron chi connectivity index (χ0n) is 16.6. The third kappa shape index (κ3) is 6.36. The van der Waals surface area contributed by atoms with Crippen molar-refractivity contribution >= 4 is 16.8 Å². The van der Waals surface area contributed by atoms with E-state index in [0.29, 0.717) is 18.7 Å². The van der Waals surface area contributed by atoms with Gasteiger partial charge in [0.05, 0.1) is 12.1 Å². The molecule has 29 heavy (non-hydrogen) atoms. The first-order valence-electron chi connectivity index (χ1n) is 10.0. The second kappa shape index (κ2) is 10.9. The van der Waals surface area contributed by atoms with Crippen LogP contribution in [0.2, 0.25) is 0 Å². The monoisotopic (exact) mass is 386 g/mol. The highest BCUT2D eigenvalue weighted by Gasteiger charge is 2.07. The van der Waals surface area contributed by atoms with Gasteiger partial charge in [0.1, 0.15) is 5.75 Å². The van der Waals surface area contributed by atoms with Gasteiger partial charge in [-0.25, -0.2) is 0 Å². The average molecular weight is 386 g/mol. The van der Waals surface area contributed by atoms with Gasteiger partial charge in [-0.15, -0.1) is 12.3 Å². The number of unbranched alkanes of at least 4 members (excludes halogenated alkanes) is 4. The molecule has 4 heteroatoms. The van der Waals surface area contributed by atoms with E-state index in [2.05, 4.69) is 16.2 Å². The lowest BCUT2D eigenvalue weighted by atomic mass is 10.1. The molecule has 0 saturated carbocycles. The van der Waals surface area contributed by atoms with Crippen LogP contribution in [0.4, 0.5) is 0 Å². The standard InChI is InChI=1S/C25H26N2O2/c1-2-3-4-5-6-7-16-29-23-12-8-10-20(17-23)19-27-25(28)22-13-14-24-21(18-22)11-9-15-26-24/h1,8-15,17-18H,3-7,16,19H2,(H,27,28). The van der Waals surface area contributed by atoms with Crippen LogP contribution in [0.25, 0.3) is 10.9 Å². The van der Waals surface area contributed by atoms with Crippen LogP contribution in [0.15, 0.2) is 60.8 Å². The summed E-state index contributed by atoms with van der Waals surface area (Å²) >= 11 is 0. The number of nitrogens with one attached hydrogen (secondary N) is 1. The average Bonchev–Trinajstić information content (AvgIpc) is 2.77. The Balaban J connectivity index is 1.47. The number of hydrogen-bond acceptors (Lipinski definition) is 3. The van der Waals surface area contributed by atoms with Crippen LogP contribution in [-0.4, -0.2) is 17.5 Å². The highest BCUT2D eigenvalue weighted by molar-refractivity contribution is 5.97. The van der Waals surface area contributed by atoms with Gasteiger partial charge in [0.2, 0.25) is 0 Å². The van der Waals surface area contributed by atoms with E-state index in [-0.39, 0.29) is 5.91 Å². The first-order valence-corrected chi connectivity index (χ1v) is 10.0. The van der Waals surface area contributed by atoms with Crippen LogP contribution in [0.5, 0.6) is 5.75 Å². The van der Waals surface area contributed by atoms with E-state index in [1.807, 2.05) is 48.5 Å². The Morgan fingerprint density at radius 1 is 1.03 bits per heavy atom. The number of pyridine rings is 1. The maximum atomic E-state index is 12.5. The molecule has 1 N–H and O–H groups in total. The fourth-order valence-electron chi connectivity index (χ4n) is 3.12. The van der Waals surface area contributed by atoms with Crippen LogP contribution >= 0.6 is 0 Å². The normalized spacial score (nSPS) is 10.4. The fourth-order valence-corrected chi connectivity index (χ4v) is 3.12. The predicted octanol–water partition coefficient (Wildman–Crippen LogP) is 5.13. The van der Waals surface area contributed by atoms with E-state index in [4.69, 9.17) is 11.2 Å². The quantitative estimate of drug-likeness (QED) is 0.388. The number of rotatable bonds is 10. The third-order valence-corrected chi connectivity index (χ3v) is 4.70. The largest absolute Gasteiger partial charge is 0.494 e. The molecule has 148 valence electrons.